The first kappa shape index (κ1) is 20.5. The summed E-state index contributed by atoms with van der Waals surface area (Å²) in [5.74, 6) is 0.139. The van der Waals surface area contributed by atoms with Gasteiger partial charge in [-0.1, -0.05) is 24.3 Å². The van der Waals surface area contributed by atoms with Gasteiger partial charge in [-0.25, -0.2) is 9.78 Å². The van der Waals surface area contributed by atoms with Gasteiger partial charge in [0.15, 0.2) is 0 Å². The fourth-order valence-electron chi connectivity index (χ4n) is 3.74. The average molecular weight is 424 g/mol. The van der Waals surface area contributed by atoms with Crippen molar-refractivity contribution in [2.45, 2.75) is 25.3 Å². The van der Waals surface area contributed by atoms with Crippen LogP contribution >= 0.6 is 11.3 Å². The Hall–Kier alpha value is -2.77. The van der Waals surface area contributed by atoms with Crippen LogP contribution in [0.1, 0.15) is 39.7 Å². The Bertz CT molecular complexity index is 991. The molecule has 1 fully saturated rings. The summed E-state index contributed by atoms with van der Waals surface area (Å²) in [5.41, 5.74) is 2.54. The van der Waals surface area contributed by atoms with Crippen LogP contribution in [-0.2, 0) is 16.1 Å². The number of nitrogens with zero attached hydrogens (tertiary/aromatic N) is 2. The van der Waals surface area contributed by atoms with E-state index >= 15 is 0 Å². The summed E-state index contributed by atoms with van der Waals surface area (Å²) in [6.07, 6.45) is 2.06. The number of fused-ring (bicyclic) bond motifs is 1. The minimum absolute atomic E-state index is 0.0190. The summed E-state index contributed by atoms with van der Waals surface area (Å²) in [7, 11) is 1.36. The zero-order valence-electron chi connectivity index (χ0n) is 17.0. The van der Waals surface area contributed by atoms with E-state index in [1.165, 1.54) is 16.8 Å². The van der Waals surface area contributed by atoms with Gasteiger partial charge in [0.25, 0.3) is 0 Å². The first-order valence-electron chi connectivity index (χ1n) is 10.1. The number of carbonyl (C=O) groups excluding carboxylic acids is 2. The molecule has 2 aromatic carbocycles. The molecule has 0 atom stereocenters. The standard InChI is InChI=1S/C23H25N3O3S/c1-29-23(28)18-8-6-16(7-9-18)14-24-21(27)15-26-12-10-17(11-13-26)22-25-19-4-2-3-5-20(19)30-22/h2-9,17H,10-15H2,1H3,(H,24,27). The predicted molar refractivity (Wildman–Crippen MR) is 118 cm³/mol. The Labute approximate surface area is 179 Å². The maximum atomic E-state index is 12.3. The summed E-state index contributed by atoms with van der Waals surface area (Å²) in [6, 6.07) is 15.3. The van der Waals surface area contributed by atoms with E-state index < -0.39 is 0 Å². The van der Waals surface area contributed by atoms with E-state index in [9.17, 15) is 9.59 Å². The summed E-state index contributed by atoms with van der Waals surface area (Å²) < 4.78 is 5.94. The van der Waals surface area contributed by atoms with E-state index in [1.807, 2.05) is 18.2 Å². The van der Waals surface area contributed by atoms with Crippen molar-refractivity contribution in [3.8, 4) is 0 Å². The van der Waals surface area contributed by atoms with Gasteiger partial charge in [-0.3, -0.25) is 9.69 Å². The van der Waals surface area contributed by atoms with Crippen LogP contribution in [0.25, 0.3) is 10.2 Å². The number of piperidine rings is 1. The number of para-hydroxylation sites is 1. The number of nitrogens with one attached hydrogen (secondary N) is 1. The minimum Gasteiger partial charge on any atom is -0.465 e. The number of rotatable bonds is 6. The van der Waals surface area contributed by atoms with Crippen LogP contribution in [-0.4, -0.2) is 48.5 Å². The molecule has 1 N–H and O–H groups in total. The van der Waals surface area contributed by atoms with E-state index in [0.717, 1.165) is 37.0 Å². The first-order chi connectivity index (χ1) is 14.6. The highest BCUT2D eigenvalue weighted by atomic mass is 32.1. The molecule has 0 bridgehead atoms. The van der Waals surface area contributed by atoms with Crippen molar-refractivity contribution in [1.82, 2.24) is 15.2 Å². The van der Waals surface area contributed by atoms with Crippen molar-refractivity contribution in [1.29, 1.82) is 0 Å². The number of thiazole rings is 1. The highest BCUT2D eigenvalue weighted by molar-refractivity contribution is 7.18. The van der Waals surface area contributed by atoms with E-state index in [4.69, 9.17) is 9.72 Å². The maximum absolute atomic E-state index is 12.3. The average Bonchev–Trinajstić information content (AvgIpc) is 3.22. The Morgan fingerprint density at radius 3 is 2.57 bits per heavy atom. The van der Waals surface area contributed by atoms with Crippen molar-refractivity contribution < 1.29 is 14.3 Å². The van der Waals surface area contributed by atoms with E-state index in [-0.39, 0.29) is 11.9 Å². The summed E-state index contributed by atoms with van der Waals surface area (Å²) in [4.78, 5) is 30.8. The second-order valence-corrected chi connectivity index (χ2v) is 8.60. The zero-order valence-corrected chi connectivity index (χ0v) is 17.8. The molecular formula is C23H25N3O3S. The van der Waals surface area contributed by atoms with Gasteiger partial charge in [-0.2, -0.15) is 0 Å². The summed E-state index contributed by atoms with van der Waals surface area (Å²) in [6.45, 7) is 2.67. The number of esters is 1. The SMILES string of the molecule is COC(=O)c1ccc(CNC(=O)CN2CCC(c3nc4ccccc4s3)CC2)cc1. The molecule has 30 heavy (non-hydrogen) atoms. The number of benzene rings is 2. The lowest BCUT2D eigenvalue weighted by atomic mass is 9.97. The number of amides is 1. The molecule has 3 aromatic rings. The van der Waals surface area contributed by atoms with Crippen LogP contribution < -0.4 is 5.32 Å². The Balaban J connectivity index is 1.22. The van der Waals surface area contributed by atoms with Crippen LogP contribution in [0.3, 0.4) is 0 Å². The number of aromatic nitrogens is 1. The molecule has 156 valence electrons. The minimum atomic E-state index is -0.361. The third-order valence-electron chi connectivity index (χ3n) is 5.48. The van der Waals surface area contributed by atoms with Gasteiger partial charge >= 0.3 is 5.97 Å². The molecule has 1 aliphatic heterocycles. The fraction of sp³-hybridized carbons (Fsp3) is 0.348. The largest absolute Gasteiger partial charge is 0.465 e. The summed E-state index contributed by atoms with van der Waals surface area (Å²) >= 11 is 1.79. The van der Waals surface area contributed by atoms with E-state index in [2.05, 4.69) is 28.4 Å². The predicted octanol–water partition coefficient (Wildman–Crippen LogP) is 3.58. The fourth-order valence-corrected chi connectivity index (χ4v) is 4.88. The normalized spacial score (nSPS) is 15.2. The third-order valence-corrected chi connectivity index (χ3v) is 6.68. The Morgan fingerprint density at radius 2 is 1.87 bits per heavy atom. The molecule has 0 aliphatic carbocycles. The zero-order chi connectivity index (χ0) is 20.9. The van der Waals surface area contributed by atoms with Gasteiger partial charge in [-0.05, 0) is 55.8 Å². The molecule has 7 heteroatoms. The van der Waals surface area contributed by atoms with Gasteiger partial charge in [0.05, 0.1) is 34.4 Å². The first-order valence-corrected chi connectivity index (χ1v) is 11.0. The van der Waals surface area contributed by atoms with Crippen molar-refractivity contribution in [3.63, 3.8) is 0 Å². The Kier molecular flexibility index (Phi) is 6.40. The van der Waals surface area contributed by atoms with Gasteiger partial charge in [-0.15, -0.1) is 11.3 Å². The van der Waals surface area contributed by atoms with E-state index in [0.29, 0.717) is 24.6 Å². The highest BCUT2D eigenvalue weighted by Crippen LogP contribution is 2.33. The number of likely N-dealkylation sites (tertiary alicyclic amines) is 1. The monoisotopic (exact) mass is 423 g/mol. The molecule has 0 radical (unpaired) electrons. The Morgan fingerprint density at radius 1 is 1.13 bits per heavy atom. The van der Waals surface area contributed by atoms with Crippen molar-refractivity contribution >= 4 is 33.4 Å². The molecule has 0 unspecified atom stereocenters. The van der Waals surface area contributed by atoms with Crippen LogP contribution in [0.2, 0.25) is 0 Å². The van der Waals surface area contributed by atoms with Crippen LogP contribution in [0.15, 0.2) is 48.5 Å². The van der Waals surface area contributed by atoms with Crippen LogP contribution in [0.4, 0.5) is 0 Å². The molecule has 1 saturated heterocycles. The lowest BCUT2D eigenvalue weighted by molar-refractivity contribution is -0.122. The smallest absolute Gasteiger partial charge is 0.337 e. The van der Waals surface area contributed by atoms with Crippen molar-refractivity contribution in [3.05, 3.63) is 64.7 Å². The second kappa shape index (κ2) is 9.36. The molecule has 6 nitrogen and oxygen atoms in total. The molecule has 1 amide bonds. The van der Waals surface area contributed by atoms with Gasteiger partial charge in [0, 0.05) is 12.5 Å². The van der Waals surface area contributed by atoms with Crippen LogP contribution in [0.5, 0.6) is 0 Å². The maximum Gasteiger partial charge on any atom is 0.337 e. The number of methoxy groups -OCH3 is 1. The number of ether oxygens (including phenoxy) is 1. The second-order valence-electron chi connectivity index (χ2n) is 7.54. The van der Waals surface area contributed by atoms with Crippen molar-refractivity contribution in [2.24, 2.45) is 0 Å². The lowest BCUT2D eigenvalue weighted by Crippen LogP contribution is -2.41. The van der Waals surface area contributed by atoms with Gasteiger partial charge in [0.2, 0.25) is 5.91 Å². The summed E-state index contributed by atoms with van der Waals surface area (Å²) in [5, 5.41) is 4.18. The molecular weight excluding hydrogens is 398 g/mol. The highest BCUT2D eigenvalue weighted by Gasteiger charge is 2.24. The lowest BCUT2D eigenvalue weighted by Gasteiger charge is -2.30. The third kappa shape index (κ3) is 4.86. The molecule has 1 aliphatic rings. The molecule has 4 rings (SSSR count). The molecule has 1 aromatic heterocycles. The number of hydrogen-bond acceptors (Lipinski definition) is 6. The van der Waals surface area contributed by atoms with E-state index in [1.54, 1.807) is 23.5 Å². The van der Waals surface area contributed by atoms with Crippen molar-refractivity contribution in [2.75, 3.05) is 26.7 Å². The van der Waals surface area contributed by atoms with Gasteiger partial charge in [0.1, 0.15) is 0 Å². The molecule has 0 spiro atoms. The van der Waals surface area contributed by atoms with Gasteiger partial charge < -0.3 is 10.1 Å². The molecule has 0 saturated carbocycles. The molecule has 2 heterocycles. The number of hydrogen-bond donors (Lipinski definition) is 1. The topological polar surface area (TPSA) is 71.5 Å². The van der Waals surface area contributed by atoms with Crippen LogP contribution in [0, 0.1) is 0 Å². The quantitative estimate of drug-likeness (QED) is 0.614. The number of carbonyl (C=O) groups is 2.